The van der Waals surface area contributed by atoms with E-state index >= 15 is 0 Å². The minimum atomic E-state index is -0.358. The molecular weight excluding hydrogens is 238 g/mol. The van der Waals surface area contributed by atoms with Crippen molar-refractivity contribution >= 4 is 5.71 Å². The number of aliphatic hydroxyl groups excluding tert-OH is 1. The largest absolute Gasteiger partial charge is 0.395 e. The molecule has 104 valence electrons. The molecule has 1 aliphatic heterocycles. The molecule has 0 amide bonds. The van der Waals surface area contributed by atoms with Gasteiger partial charge in [-0.3, -0.25) is 0 Å². The van der Waals surface area contributed by atoms with E-state index in [9.17, 15) is 5.11 Å². The van der Waals surface area contributed by atoms with Crippen LogP contribution in [0.25, 0.3) is 0 Å². The van der Waals surface area contributed by atoms with E-state index in [-0.39, 0.29) is 16.9 Å². The summed E-state index contributed by atoms with van der Waals surface area (Å²) in [6, 6.07) is 0. The first-order valence-corrected chi connectivity index (χ1v) is 7.14. The van der Waals surface area contributed by atoms with Gasteiger partial charge in [-0.05, 0) is 48.7 Å². The molecule has 3 rings (SSSR count). The van der Waals surface area contributed by atoms with E-state index in [1.165, 1.54) is 11.3 Å². The molecule has 0 aromatic heterocycles. The number of fused-ring (bicyclic) bond motifs is 3. The van der Waals surface area contributed by atoms with Crippen LogP contribution in [-0.4, -0.2) is 23.5 Å². The van der Waals surface area contributed by atoms with Gasteiger partial charge in [0.25, 0.3) is 0 Å². The van der Waals surface area contributed by atoms with Gasteiger partial charge in [-0.2, -0.15) is 0 Å². The standard InChI is InChI=1S/C16H23NO2/c1-5-11-10(2)12(18)8-13-15(11,3)7-6-14-16(13,4)9-19-17-14/h5,12-13,18H,1,6-9H2,2-4H3/t12-,13+,15+,16-/m1/s1. The predicted molar refractivity (Wildman–Crippen MR) is 75.8 cm³/mol. The fraction of sp³-hybridized carbons (Fsp3) is 0.688. The van der Waals surface area contributed by atoms with Crippen LogP contribution in [0.4, 0.5) is 0 Å². The van der Waals surface area contributed by atoms with Gasteiger partial charge in [0.2, 0.25) is 0 Å². The summed E-state index contributed by atoms with van der Waals surface area (Å²) in [4.78, 5) is 5.38. The zero-order valence-electron chi connectivity index (χ0n) is 12.1. The summed E-state index contributed by atoms with van der Waals surface area (Å²) in [6.45, 7) is 11.2. The molecule has 1 fully saturated rings. The zero-order chi connectivity index (χ0) is 13.8. The fourth-order valence-electron chi connectivity index (χ4n) is 4.59. The summed E-state index contributed by atoms with van der Waals surface area (Å²) in [5, 5.41) is 14.6. The highest BCUT2D eigenvalue weighted by molar-refractivity contribution is 5.92. The van der Waals surface area contributed by atoms with Crippen LogP contribution in [0, 0.1) is 16.7 Å². The number of nitrogens with zero attached hydrogens (tertiary/aromatic N) is 1. The second-order valence-corrected chi connectivity index (χ2v) is 6.75. The second-order valence-electron chi connectivity index (χ2n) is 6.75. The predicted octanol–water partition coefficient (Wildman–Crippen LogP) is 3.06. The number of hydrogen-bond acceptors (Lipinski definition) is 3. The van der Waals surface area contributed by atoms with Crippen LogP contribution in [0.5, 0.6) is 0 Å². The minimum Gasteiger partial charge on any atom is -0.395 e. The van der Waals surface area contributed by atoms with E-state index < -0.39 is 0 Å². The summed E-state index contributed by atoms with van der Waals surface area (Å²) in [6.07, 6.45) is 4.46. The van der Waals surface area contributed by atoms with Gasteiger partial charge in [0.05, 0.1) is 11.8 Å². The SMILES string of the molecule is C=CC1=C(C)[C@H](O)C[C@@H]2[C@@]3(C)CON=C3CC[C@@]12C. The first-order valence-electron chi connectivity index (χ1n) is 7.14. The highest BCUT2D eigenvalue weighted by Gasteiger charge is 2.58. The van der Waals surface area contributed by atoms with Gasteiger partial charge in [-0.25, -0.2) is 0 Å². The Labute approximate surface area is 115 Å². The van der Waals surface area contributed by atoms with Gasteiger partial charge in [0, 0.05) is 5.41 Å². The molecule has 0 radical (unpaired) electrons. The van der Waals surface area contributed by atoms with Gasteiger partial charge in [0.1, 0.15) is 6.61 Å². The molecule has 1 N–H and O–H groups in total. The first-order chi connectivity index (χ1) is 8.93. The van der Waals surface area contributed by atoms with Crippen molar-refractivity contribution in [1.29, 1.82) is 0 Å². The van der Waals surface area contributed by atoms with E-state index in [4.69, 9.17) is 4.84 Å². The molecular formula is C16H23NO2. The average Bonchev–Trinajstić information content (AvgIpc) is 2.75. The molecule has 0 aromatic rings. The van der Waals surface area contributed by atoms with Crippen LogP contribution in [0.3, 0.4) is 0 Å². The third kappa shape index (κ3) is 1.51. The summed E-state index contributed by atoms with van der Waals surface area (Å²) in [5.41, 5.74) is 3.58. The average molecular weight is 261 g/mol. The van der Waals surface area contributed by atoms with Crippen LogP contribution in [-0.2, 0) is 4.84 Å². The highest BCUT2D eigenvalue weighted by Crippen LogP contribution is 2.59. The molecule has 19 heavy (non-hydrogen) atoms. The molecule has 0 aromatic carbocycles. The molecule has 0 bridgehead atoms. The third-order valence-corrected chi connectivity index (χ3v) is 5.82. The lowest BCUT2D eigenvalue weighted by molar-refractivity contribution is 0.00371. The Hall–Kier alpha value is -1.09. The Morgan fingerprint density at radius 3 is 2.84 bits per heavy atom. The molecule has 3 aliphatic rings. The Balaban J connectivity index is 2.13. The Morgan fingerprint density at radius 1 is 1.42 bits per heavy atom. The monoisotopic (exact) mass is 261 g/mol. The van der Waals surface area contributed by atoms with Crippen molar-refractivity contribution in [2.45, 2.75) is 46.1 Å². The van der Waals surface area contributed by atoms with Gasteiger partial charge >= 0.3 is 0 Å². The maximum Gasteiger partial charge on any atom is 0.128 e. The van der Waals surface area contributed by atoms with Crippen molar-refractivity contribution in [2.75, 3.05) is 6.61 Å². The van der Waals surface area contributed by atoms with Crippen LogP contribution in [0.1, 0.15) is 40.0 Å². The van der Waals surface area contributed by atoms with Crippen LogP contribution in [0.2, 0.25) is 0 Å². The third-order valence-electron chi connectivity index (χ3n) is 5.82. The summed E-state index contributed by atoms with van der Waals surface area (Å²) in [5.74, 6) is 0.377. The van der Waals surface area contributed by atoms with Crippen molar-refractivity contribution in [1.82, 2.24) is 0 Å². The molecule has 3 heteroatoms. The number of oxime groups is 1. The van der Waals surface area contributed by atoms with E-state index in [0.29, 0.717) is 12.5 Å². The maximum atomic E-state index is 10.4. The van der Waals surface area contributed by atoms with E-state index in [1.54, 1.807) is 0 Å². The molecule has 0 saturated heterocycles. The molecule has 1 saturated carbocycles. The van der Waals surface area contributed by atoms with E-state index in [2.05, 4.69) is 25.6 Å². The summed E-state index contributed by atoms with van der Waals surface area (Å²) < 4.78 is 0. The number of aliphatic hydroxyl groups is 1. The lowest BCUT2D eigenvalue weighted by Gasteiger charge is -2.54. The van der Waals surface area contributed by atoms with Crippen molar-refractivity contribution in [3.05, 3.63) is 23.8 Å². The lowest BCUT2D eigenvalue weighted by Crippen LogP contribution is -2.53. The Kier molecular flexibility index (Phi) is 2.69. The number of hydrogen-bond donors (Lipinski definition) is 1. The van der Waals surface area contributed by atoms with Crippen LogP contribution in [0.15, 0.2) is 29.0 Å². The lowest BCUT2D eigenvalue weighted by atomic mass is 9.49. The van der Waals surface area contributed by atoms with Gasteiger partial charge in [-0.15, -0.1) is 0 Å². The molecule has 3 nitrogen and oxygen atoms in total. The van der Waals surface area contributed by atoms with Gasteiger partial charge in [-0.1, -0.05) is 31.7 Å². The Bertz CT molecular complexity index is 493. The Morgan fingerprint density at radius 2 is 2.16 bits per heavy atom. The van der Waals surface area contributed by atoms with Crippen LogP contribution >= 0.6 is 0 Å². The summed E-state index contributed by atoms with van der Waals surface area (Å²) >= 11 is 0. The second kappa shape index (κ2) is 3.95. The van der Waals surface area contributed by atoms with Gasteiger partial charge in [0.15, 0.2) is 0 Å². The van der Waals surface area contributed by atoms with Crippen molar-refractivity contribution in [3.8, 4) is 0 Å². The topological polar surface area (TPSA) is 41.8 Å². The minimum absolute atomic E-state index is 0.0249. The normalized spacial score (nSPS) is 45.2. The number of rotatable bonds is 1. The van der Waals surface area contributed by atoms with E-state index in [1.807, 2.05) is 13.0 Å². The quantitative estimate of drug-likeness (QED) is 0.788. The molecule has 2 aliphatic carbocycles. The molecule has 0 unspecified atom stereocenters. The van der Waals surface area contributed by atoms with Crippen LogP contribution < -0.4 is 0 Å². The first kappa shape index (κ1) is 12.9. The van der Waals surface area contributed by atoms with Crippen molar-refractivity contribution < 1.29 is 9.94 Å². The molecule has 0 spiro atoms. The van der Waals surface area contributed by atoms with E-state index in [0.717, 1.165) is 24.8 Å². The molecule has 4 atom stereocenters. The van der Waals surface area contributed by atoms with Crippen molar-refractivity contribution in [2.24, 2.45) is 21.9 Å². The number of allylic oxidation sites excluding steroid dienone is 2. The van der Waals surface area contributed by atoms with Gasteiger partial charge < -0.3 is 9.94 Å². The van der Waals surface area contributed by atoms with Crippen molar-refractivity contribution in [3.63, 3.8) is 0 Å². The smallest absolute Gasteiger partial charge is 0.128 e. The zero-order valence-corrected chi connectivity index (χ0v) is 12.1. The highest BCUT2D eigenvalue weighted by atomic mass is 16.6. The molecule has 1 heterocycles. The fourth-order valence-corrected chi connectivity index (χ4v) is 4.59. The maximum absolute atomic E-state index is 10.4. The summed E-state index contributed by atoms with van der Waals surface area (Å²) in [7, 11) is 0.